The maximum Gasteiger partial charge on any atom is 0.192 e. The summed E-state index contributed by atoms with van der Waals surface area (Å²) in [5, 5.41) is 8.84. The molecule has 15 heavy (non-hydrogen) atoms. The molecule has 2 aromatic rings. The first kappa shape index (κ1) is 9.98. The van der Waals surface area contributed by atoms with E-state index >= 15 is 0 Å². The minimum absolute atomic E-state index is 0.145. The summed E-state index contributed by atoms with van der Waals surface area (Å²) in [6.07, 6.45) is 0. The van der Waals surface area contributed by atoms with Crippen molar-refractivity contribution in [2.45, 2.75) is 6.92 Å². The first-order valence-electron chi connectivity index (χ1n) is 4.90. The van der Waals surface area contributed by atoms with Gasteiger partial charge >= 0.3 is 0 Å². The van der Waals surface area contributed by atoms with Crippen LogP contribution in [-0.2, 0) is 0 Å². The van der Waals surface area contributed by atoms with E-state index in [0.717, 1.165) is 16.8 Å². The zero-order valence-electron chi connectivity index (χ0n) is 8.90. The lowest BCUT2D eigenvalue weighted by Crippen LogP contribution is -2.20. The van der Waals surface area contributed by atoms with Crippen LogP contribution in [0.15, 0.2) is 22.6 Å². The minimum atomic E-state index is 0.145. The molecule has 0 unspecified atom stereocenters. The van der Waals surface area contributed by atoms with E-state index in [0.29, 0.717) is 12.4 Å². The number of rotatable bonds is 3. The Hall–Kier alpha value is -1.55. The molecule has 2 rings (SSSR count). The number of hydrogen-bond donors (Lipinski definition) is 1. The van der Waals surface area contributed by atoms with Crippen molar-refractivity contribution >= 4 is 16.8 Å². The first-order chi connectivity index (χ1) is 7.20. The Bertz CT molecular complexity index is 465. The number of likely N-dealkylation sites (N-methyl/N-ethyl adjacent to an activating group) is 1. The summed E-state index contributed by atoms with van der Waals surface area (Å²) in [7, 11) is 1.93. The molecule has 0 saturated heterocycles. The van der Waals surface area contributed by atoms with Crippen molar-refractivity contribution in [3.05, 3.63) is 24.1 Å². The number of oxazole rings is 1. The molecule has 1 aromatic carbocycles. The van der Waals surface area contributed by atoms with Crippen molar-refractivity contribution in [3.63, 3.8) is 0 Å². The number of fused-ring (bicyclic) bond motifs is 1. The average Bonchev–Trinajstić information content (AvgIpc) is 2.57. The van der Waals surface area contributed by atoms with Gasteiger partial charge in [0.15, 0.2) is 11.5 Å². The van der Waals surface area contributed by atoms with Crippen molar-refractivity contribution < 1.29 is 9.52 Å². The second-order valence-electron chi connectivity index (χ2n) is 3.53. The standard InChI is InChI=1S/C11H14N2O2/c1-8-12-10-7-9(13(2)5-6-14)3-4-11(10)15-8/h3-4,7,14H,5-6H2,1-2H3. The Labute approximate surface area is 88.1 Å². The maximum atomic E-state index is 8.84. The second-order valence-corrected chi connectivity index (χ2v) is 3.53. The van der Waals surface area contributed by atoms with Crippen LogP contribution in [0.5, 0.6) is 0 Å². The number of nitrogens with zero attached hydrogens (tertiary/aromatic N) is 2. The fourth-order valence-electron chi connectivity index (χ4n) is 1.55. The molecule has 0 saturated carbocycles. The maximum absolute atomic E-state index is 8.84. The Balaban J connectivity index is 2.37. The molecule has 4 heteroatoms. The molecule has 1 N–H and O–H groups in total. The summed E-state index contributed by atoms with van der Waals surface area (Å²) < 4.78 is 5.38. The number of aryl methyl sites for hydroxylation is 1. The monoisotopic (exact) mass is 206 g/mol. The second kappa shape index (κ2) is 3.90. The van der Waals surface area contributed by atoms with Gasteiger partial charge in [0.05, 0.1) is 6.61 Å². The normalized spacial score (nSPS) is 10.9. The van der Waals surface area contributed by atoms with Crippen LogP contribution in [-0.4, -0.2) is 30.3 Å². The van der Waals surface area contributed by atoms with Crippen molar-refractivity contribution in [1.29, 1.82) is 0 Å². The van der Waals surface area contributed by atoms with Crippen LogP contribution in [0.1, 0.15) is 5.89 Å². The van der Waals surface area contributed by atoms with E-state index in [9.17, 15) is 0 Å². The van der Waals surface area contributed by atoms with Crippen LogP contribution in [0.2, 0.25) is 0 Å². The number of anilines is 1. The third-order valence-corrected chi connectivity index (χ3v) is 2.35. The van der Waals surface area contributed by atoms with Crippen LogP contribution in [0.25, 0.3) is 11.1 Å². The van der Waals surface area contributed by atoms with Gasteiger partial charge in [0.25, 0.3) is 0 Å². The summed E-state index contributed by atoms with van der Waals surface area (Å²) in [6, 6.07) is 5.82. The van der Waals surface area contributed by atoms with Gasteiger partial charge < -0.3 is 14.4 Å². The van der Waals surface area contributed by atoms with E-state index < -0.39 is 0 Å². The molecule has 0 aliphatic heterocycles. The predicted octanol–water partition coefficient (Wildman–Crippen LogP) is 1.56. The summed E-state index contributed by atoms with van der Waals surface area (Å²) >= 11 is 0. The van der Waals surface area contributed by atoms with Crippen LogP contribution in [0.4, 0.5) is 5.69 Å². The molecular weight excluding hydrogens is 192 g/mol. The van der Waals surface area contributed by atoms with Gasteiger partial charge in [0.2, 0.25) is 0 Å². The number of hydrogen-bond acceptors (Lipinski definition) is 4. The third kappa shape index (κ3) is 1.94. The molecule has 80 valence electrons. The molecule has 4 nitrogen and oxygen atoms in total. The molecule has 0 amide bonds. The molecule has 0 spiro atoms. The topological polar surface area (TPSA) is 49.5 Å². The SMILES string of the molecule is Cc1nc2cc(N(C)CCO)ccc2o1. The lowest BCUT2D eigenvalue weighted by Gasteiger charge is -2.17. The van der Waals surface area contributed by atoms with Gasteiger partial charge in [-0.1, -0.05) is 0 Å². The van der Waals surface area contributed by atoms with Gasteiger partial charge in [0.1, 0.15) is 5.52 Å². The zero-order valence-corrected chi connectivity index (χ0v) is 8.90. The number of aromatic nitrogens is 1. The molecule has 1 aromatic heterocycles. The Kier molecular flexibility index (Phi) is 2.60. The lowest BCUT2D eigenvalue weighted by atomic mass is 10.2. The molecule has 0 aliphatic rings. The zero-order chi connectivity index (χ0) is 10.8. The van der Waals surface area contributed by atoms with Gasteiger partial charge in [-0.15, -0.1) is 0 Å². The van der Waals surface area contributed by atoms with E-state index in [-0.39, 0.29) is 6.61 Å². The fourth-order valence-corrected chi connectivity index (χ4v) is 1.55. The molecule has 1 heterocycles. The lowest BCUT2D eigenvalue weighted by molar-refractivity contribution is 0.304. The predicted molar refractivity (Wildman–Crippen MR) is 59.1 cm³/mol. The van der Waals surface area contributed by atoms with Gasteiger partial charge in [-0.25, -0.2) is 4.98 Å². The van der Waals surface area contributed by atoms with Crippen molar-refractivity contribution in [2.24, 2.45) is 0 Å². The van der Waals surface area contributed by atoms with Gasteiger partial charge in [0, 0.05) is 26.2 Å². The highest BCUT2D eigenvalue weighted by Crippen LogP contribution is 2.21. The summed E-state index contributed by atoms with van der Waals surface area (Å²) in [6.45, 7) is 2.59. The van der Waals surface area contributed by atoms with Crippen LogP contribution in [0.3, 0.4) is 0 Å². The highest BCUT2D eigenvalue weighted by molar-refractivity contribution is 5.77. The van der Waals surface area contributed by atoms with E-state index in [1.807, 2.05) is 37.1 Å². The van der Waals surface area contributed by atoms with Gasteiger partial charge in [-0.3, -0.25) is 0 Å². The number of aliphatic hydroxyl groups excluding tert-OH is 1. The highest BCUT2D eigenvalue weighted by atomic mass is 16.3. The Morgan fingerprint density at radius 2 is 2.27 bits per heavy atom. The highest BCUT2D eigenvalue weighted by Gasteiger charge is 2.05. The molecule has 0 radical (unpaired) electrons. The largest absolute Gasteiger partial charge is 0.441 e. The average molecular weight is 206 g/mol. The van der Waals surface area contributed by atoms with Crippen molar-refractivity contribution in [2.75, 3.05) is 25.1 Å². The van der Waals surface area contributed by atoms with Crippen molar-refractivity contribution in [1.82, 2.24) is 4.98 Å². The molecule has 0 atom stereocenters. The fraction of sp³-hybridized carbons (Fsp3) is 0.364. The summed E-state index contributed by atoms with van der Waals surface area (Å²) in [5.41, 5.74) is 2.69. The van der Waals surface area contributed by atoms with E-state index in [2.05, 4.69) is 4.98 Å². The van der Waals surface area contributed by atoms with E-state index in [1.165, 1.54) is 0 Å². The van der Waals surface area contributed by atoms with Crippen LogP contribution < -0.4 is 4.90 Å². The number of aliphatic hydroxyl groups is 1. The van der Waals surface area contributed by atoms with Gasteiger partial charge in [-0.05, 0) is 18.2 Å². The Morgan fingerprint density at radius 1 is 1.47 bits per heavy atom. The quantitative estimate of drug-likeness (QED) is 0.828. The van der Waals surface area contributed by atoms with E-state index in [1.54, 1.807) is 0 Å². The number of benzene rings is 1. The van der Waals surface area contributed by atoms with Crippen molar-refractivity contribution in [3.8, 4) is 0 Å². The molecule has 0 fully saturated rings. The van der Waals surface area contributed by atoms with E-state index in [4.69, 9.17) is 9.52 Å². The first-order valence-corrected chi connectivity index (χ1v) is 4.90. The van der Waals surface area contributed by atoms with Gasteiger partial charge in [-0.2, -0.15) is 0 Å². The molecular formula is C11H14N2O2. The molecule has 0 aliphatic carbocycles. The minimum Gasteiger partial charge on any atom is -0.441 e. The van der Waals surface area contributed by atoms with Crippen LogP contribution in [0, 0.1) is 6.92 Å². The summed E-state index contributed by atoms with van der Waals surface area (Å²) in [4.78, 5) is 6.24. The Morgan fingerprint density at radius 3 is 3.00 bits per heavy atom. The smallest absolute Gasteiger partial charge is 0.192 e. The molecule has 0 bridgehead atoms. The summed E-state index contributed by atoms with van der Waals surface area (Å²) in [5.74, 6) is 0.673. The van der Waals surface area contributed by atoms with Crippen LogP contribution >= 0.6 is 0 Å². The third-order valence-electron chi connectivity index (χ3n) is 2.35.